The highest BCUT2D eigenvalue weighted by atomic mass is 79.9. The fourth-order valence-electron chi connectivity index (χ4n) is 4.00. The first-order valence-electron chi connectivity index (χ1n) is 10.3. The van der Waals surface area contributed by atoms with E-state index in [1.165, 1.54) is 5.56 Å². The molecule has 4 rings (SSSR count). The maximum Gasteiger partial charge on any atom is 0.410 e. The van der Waals surface area contributed by atoms with Gasteiger partial charge in [-0.25, -0.2) is 4.79 Å². The molecule has 0 radical (unpaired) electrons. The van der Waals surface area contributed by atoms with Gasteiger partial charge < -0.3 is 24.7 Å². The molecule has 2 aromatic carbocycles. The van der Waals surface area contributed by atoms with Crippen LogP contribution in [0.3, 0.4) is 0 Å². The van der Waals surface area contributed by atoms with Gasteiger partial charge in [-0.1, -0.05) is 28.1 Å². The van der Waals surface area contributed by atoms with Crippen LogP contribution in [0.1, 0.15) is 29.8 Å². The topological polar surface area (TPSA) is 95.0 Å². The van der Waals surface area contributed by atoms with Crippen molar-refractivity contribution in [2.45, 2.75) is 25.5 Å². The number of amides is 1. The SMILES string of the molecule is CCOC(=O)N1CCc2c([nH]c3ccc(Br)cc23)C1c1ccc(OCC(O)CO)cc1. The summed E-state index contributed by atoms with van der Waals surface area (Å²) in [5.74, 6) is 0.579. The Kier molecular flexibility index (Phi) is 6.50. The molecule has 7 nitrogen and oxygen atoms in total. The molecule has 1 aliphatic heterocycles. The highest BCUT2D eigenvalue weighted by molar-refractivity contribution is 9.10. The van der Waals surface area contributed by atoms with Gasteiger partial charge in [-0.05, 0) is 54.8 Å². The lowest BCUT2D eigenvalue weighted by Crippen LogP contribution is -2.40. The van der Waals surface area contributed by atoms with Crippen molar-refractivity contribution in [2.24, 2.45) is 0 Å². The predicted octanol–water partition coefficient (Wildman–Crippen LogP) is 3.77. The smallest absolute Gasteiger partial charge is 0.410 e. The first-order valence-corrected chi connectivity index (χ1v) is 11.1. The number of carbonyl (C=O) groups excluding carboxylic acids is 1. The number of fused-ring (bicyclic) bond motifs is 3. The Balaban J connectivity index is 1.71. The molecule has 0 saturated heterocycles. The summed E-state index contributed by atoms with van der Waals surface area (Å²) < 4.78 is 11.9. The molecule has 1 aliphatic rings. The van der Waals surface area contributed by atoms with Crippen LogP contribution in [0.4, 0.5) is 4.79 Å². The van der Waals surface area contributed by atoms with Gasteiger partial charge in [-0.2, -0.15) is 0 Å². The average molecular weight is 489 g/mol. The number of aromatic nitrogens is 1. The third-order valence-corrected chi connectivity index (χ3v) is 5.93. The summed E-state index contributed by atoms with van der Waals surface area (Å²) in [6.07, 6.45) is -0.531. The number of nitrogens with zero attached hydrogens (tertiary/aromatic N) is 1. The van der Waals surface area contributed by atoms with Crippen LogP contribution in [0.5, 0.6) is 5.75 Å². The van der Waals surface area contributed by atoms with Gasteiger partial charge >= 0.3 is 6.09 Å². The van der Waals surface area contributed by atoms with E-state index >= 15 is 0 Å². The van der Waals surface area contributed by atoms with Gasteiger partial charge in [0.05, 0.1) is 13.2 Å². The molecule has 1 amide bonds. The van der Waals surface area contributed by atoms with E-state index in [1.54, 1.807) is 24.0 Å². The fourth-order valence-corrected chi connectivity index (χ4v) is 4.36. The number of nitrogens with one attached hydrogen (secondary N) is 1. The number of carbonyl (C=O) groups is 1. The Labute approximate surface area is 188 Å². The van der Waals surface area contributed by atoms with Gasteiger partial charge in [-0.15, -0.1) is 0 Å². The summed E-state index contributed by atoms with van der Waals surface area (Å²) in [5.41, 5.74) is 4.14. The number of rotatable bonds is 6. The van der Waals surface area contributed by atoms with Gasteiger partial charge in [0.1, 0.15) is 24.5 Å². The third-order valence-electron chi connectivity index (χ3n) is 5.44. The molecule has 164 valence electrons. The first-order chi connectivity index (χ1) is 15.0. The largest absolute Gasteiger partial charge is 0.491 e. The van der Waals surface area contributed by atoms with E-state index in [0.717, 1.165) is 33.1 Å². The molecule has 0 fully saturated rings. The van der Waals surface area contributed by atoms with Crippen molar-refractivity contribution >= 4 is 32.9 Å². The minimum atomic E-state index is -0.925. The van der Waals surface area contributed by atoms with Crippen LogP contribution in [0.2, 0.25) is 0 Å². The number of ether oxygens (including phenoxy) is 2. The second-order valence-electron chi connectivity index (χ2n) is 7.47. The number of aromatic amines is 1. The molecule has 0 bridgehead atoms. The molecule has 0 aliphatic carbocycles. The van der Waals surface area contributed by atoms with Crippen molar-refractivity contribution in [1.29, 1.82) is 0 Å². The molecule has 3 aromatic rings. The summed E-state index contributed by atoms with van der Waals surface area (Å²) in [6.45, 7) is 2.32. The number of hydrogen-bond donors (Lipinski definition) is 3. The zero-order valence-electron chi connectivity index (χ0n) is 17.2. The molecule has 31 heavy (non-hydrogen) atoms. The summed E-state index contributed by atoms with van der Waals surface area (Å²) in [7, 11) is 0. The van der Waals surface area contributed by atoms with Crippen LogP contribution in [-0.2, 0) is 11.2 Å². The van der Waals surface area contributed by atoms with Crippen LogP contribution >= 0.6 is 15.9 Å². The maximum atomic E-state index is 12.7. The second kappa shape index (κ2) is 9.30. The Bertz CT molecular complexity index is 1070. The first kappa shape index (κ1) is 21.7. The molecule has 2 unspecified atom stereocenters. The Hall–Kier alpha value is -2.55. The molecular formula is C23H25BrN2O5. The lowest BCUT2D eigenvalue weighted by Gasteiger charge is -2.35. The van der Waals surface area contributed by atoms with Crippen molar-refractivity contribution in [3.05, 3.63) is 63.8 Å². The lowest BCUT2D eigenvalue weighted by atomic mass is 9.92. The molecule has 0 spiro atoms. The number of aliphatic hydroxyl groups excluding tert-OH is 2. The van der Waals surface area contributed by atoms with Crippen LogP contribution in [0, 0.1) is 0 Å². The minimum Gasteiger partial charge on any atom is -0.491 e. The zero-order valence-corrected chi connectivity index (χ0v) is 18.8. The van der Waals surface area contributed by atoms with Crippen LogP contribution < -0.4 is 4.74 Å². The summed E-state index contributed by atoms with van der Waals surface area (Å²) in [6, 6.07) is 13.2. The average Bonchev–Trinajstić information content (AvgIpc) is 3.15. The molecule has 2 atom stereocenters. The number of H-pyrrole nitrogens is 1. The van der Waals surface area contributed by atoms with Crippen molar-refractivity contribution in [2.75, 3.05) is 26.4 Å². The number of halogens is 1. The van der Waals surface area contributed by atoms with Gasteiger partial charge in [-0.3, -0.25) is 4.90 Å². The van der Waals surface area contributed by atoms with Gasteiger partial charge in [0.2, 0.25) is 0 Å². The lowest BCUT2D eigenvalue weighted by molar-refractivity contribution is 0.0536. The van der Waals surface area contributed by atoms with Gasteiger partial charge in [0.25, 0.3) is 0 Å². The van der Waals surface area contributed by atoms with E-state index in [4.69, 9.17) is 14.6 Å². The Morgan fingerprint density at radius 2 is 2.06 bits per heavy atom. The quantitative estimate of drug-likeness (QED) is 0.490. The molecule has 1 aromatic heterocycles. The van der Waals surface area contributed by atoms with Crippen LogP contribution in [-0.4, -0.2) is 58.7 Å². The van der Waals surface area contributed by atoms with Crippen molar-refractivity contribution < 1.29 is 24.5 Å². The van der Waals surface area contributed by atoms with E-state index in [1.807, 2.05) is 24.3 Å². The molecule has 2 heterocycles. The molecule has 3 N–H and O–H groups in total. The van der Waals surface area contributed by atoms with E-state index in [9.17, 15) is 9.90 Å². The van der Waals surface area contributed by atoms with E-state index in [-0.39, 0.29) is 25.3 Å². The third kappa shape index (κ3) is 4.42. The van der Waals surface area contributed by atoms with Crippen LogP contribution in [0.15, 0.2) is 46.9 Å². The molecular weight excluding hydrogens is 464 g/mol. The highest BCUT2D eigenvalue weighted by Gasteiger charge is 2.35. The van der Waals surface area contributed by atoms with E-state index < -0.39 is 6.10 Å². The summed E-state index contributed by atoms with van der Waals surface area (Å²) >= 11 is 3.55. The van der Waals surface area contributed by atoms with E-state index in [2.05, 4.69) is 27.0 Å². The van der Waals surface area contributed by atoms with Gasteiger partial charge in [0.15, 0.2) is 0 Å². The number of aliphatic hydroxyl groups is 2. The van der Waals surface area contributed by atoms with Gasteiger partial charge in [0, 0.05) is 27.6 Å². The normalized spacial score (nSPS) is 16.8. The van der Waals surface area contributed by atoms with Crippen LogP contribution in [0.25, 0.3) is 10.9 Å². The molecule has 8 heteroatoms. The van der Waals surface area contributed by atoms with Crippen molar-refractivity contribution in [3.63, 3.8) is 0 Å². The standard InChI is InChI=1S/C23H25BrN2O5/c1-2-30-23(29)26-10-9-18-19-11-15(24)5-8-20(19)25-21(18)22(26)14-3-6-17(7-4-14)31-13-16(28)12-27/h3-8,11,16,22,25,27-28H,2,9-10,12-13H2,1H3. The summed E-state index contributed by atoms with van der Waals surface area (Å²) in [4.78, 5) is 18.0. The Morgan fingerprint density at radius 3 is 2.77 bits per heavy atom. The van der Waals surface area contributed by atoms with Crippen molar-refractivity contribution in [1.82, 2.24) is 9.88 Å². The monoisotopic (exact) mass is 488 g/mol. The number of benzene rings is 2. The Morgan fingerprint density at radius 1 is 1.29 bits per heavy atom. The molecule has 0 saturated carbocycles. The fraction of sp³-hybridized carbons (Fsp3) is 0.348. The van der Waals surface area contributed by atoms with E-state index in [0.29, 0.717) is 18.9 Å². The zero-order chi connectivity index (χ0) is 22.0. The minimum absolute atomic E-state index is 0.00920. The second-order valence-corrected chi connectivity index (χ2v) is 8.38. The number of hydrogen-bond acceptors (Lipinski definition) is 5. The maximum absolute atomic E-state index is 12.7. The predicted molar refractivity (Wildman–Crippen MR) is 120 cm³/mol. The van der Waals surface area contributed by atoms with Crippen molar-refractivity contribution in [3.8, 4) is 5.75 Å². The highest BCUT2D eigenvalue weighted by Crippen LogP contribution is 2.39. The summed E-state index contributed by atoms with van der Waals surface area (Å²) in [5, 5.41) is 19.6.